The average Bonchev–Trinajstić information content (AvgIpc) is 3.83. The Morgan fingerprint density at radius 1 is 0.600 bits per heavy atom. The van der Waals surface area contributed by atoms with Gasteiger partial charge in [-0.15, -0.1) is 0 Å². The van der Waals surface area contributed by atoms with Crippen molar-refractivity contribution >= 4 is 31.4 Å². The van der Waals surface area contributed by atoms with E-state index in [9.17, 15) is 0 Å². The minimum atomic E-state index is -4.79. The van der Waals surface area contributed by atoms with Crippen LogP contribution in [0.5, 0.6) is 0 Å². The van der Waals surface area contributed by atoms with E-state index in [0.717, 1.165) is 24.7 Å². The zero-order valence-electron chi connectivity index (χ0n) is 23.7. The fraction of sp³-hybridized carbons (Fsp3) is 0.541. The second-order valence-corrected chi connectivity index (χ2v) is 36.3. The molecule has 5 fully saturated rings. The average molecular weight is 649 g/mol. The third-order valence-electron chi connectivity index (χ3n) is 13.5. The molecule has 2 aromatic carbocycles. The van der Waals surface area contributed by atoms with Gasteiger partial charge in [0, 0.05) is 0 Å². The Hall–Kier alpha value is -0.747. The maximum absolute atomic E-state index is 8.66. The molecular formula is C37H42Cl2Zr. The number of hydrogen-bond acceptors (Lipinski definition) is 0. The van der Waals surface area contributed by atoms with E-state index in [0.29, 0.717) is 10.8 Å². The Bertz CT molecular complexity index is 1440. The predicted molar refractivity (Wildman–Crippen MR) is 168 cm³/mol. The summed E-state index contributed by atoms with van der Waals surface area (Å²) in [7, 11) is 17.3. The van der Waals surface area contributed by atoms with Crippen LogP contribution in [0, 0.1) is 22.7 Å². The van der Waals surface area contributed by atoms with Crippen LogP contribution in [0.25, 0.3) is 11.1 Å². The van der Waals surface area contributed by atoms with Crippen LogP contribution in [-0.4, -0.2) is 3.21 Å². The van der Waals surface area contributed by atoms with Gasteiger partial charge in [-0.1, -0.05) is 0 Å². The van der Waals surface area contributed by atoms with E-state index in [2.05, 4.69) is 60.7 Å². The summed E-state index contributed by atoms with van der Waals surface area (Å²) < 4.78 is 1.97. The quantitative estimate of drug-likeness (QED) is 0.309. The van der Waals surface area contributed by atoms with Crippen LogP contribution in [0.15, 0.2) is 60.7 Å². The number of benzene rings is 2. The Labute approximate surface area is 248 Å². The second kappa shape index (κ2) is 8.67. The molecule has 7 aliphatic rings. The molecule has 2 atom stereocenters. The van der Waals surface area contributed by atoms with E-state index in [1.165, 1.54) is 99.3 Å². The molecule has 5 saturated carbocycles. The molecule has 0 aliphatic heterocycles. The summed E-state index contributed by atoms with van der Waals surface area (Å²) in [6, 6.07) is 18.7. The number of fused-ring (bicyclic) bond motifs is 6. The molecule has 4 bridgehead atoms. The van der Waals surface area contributed by atoms with E-state index in [1.807, 2.05) is 0 Å². The number of halogens is 2. The second-order valence-electron chi connectivity index (χ2n) is 15.1. The summed E-state index contributed by atoms with van der Waals surface area (Å²) in [5, 5.41) is 0. The van der Waals surface area contributed by atoms with Gasteiger partial charge in [-0.3, -0.25) is 0 Å². The molecule has 0 nitrogen and oxygen atoms in total. The summed E-state index contributed by atoms with van der Waals surface area (Å²) in [6.45, 7) is 0. The zero-order valence-corrected chi connectivity index (χ0v) is 27.7. The van der Waals surface area contributed by atoms with Crippen molar-refractivity contribution in [2.24, 2.45) is 22.7 Å². The van der Waals surface area contributed by atoms with Crippen molar-refractivity contribution in [3.63, 3.8) is 0 Å². The fourth-order valence-corrected chi connectivity index (χ4v) is 30.8. The Balaban J connectivity index is 1.29. The Morgan fingerprint density at radius 3 is 1.43 bits per heavy atom. The topological polar surface area (TPSA) is 0 Å². The van der Waals surface area contributed by atoms with Gasteiger partial charge in [-0.2, -0.15) is 0 Å². The van der Waals surface area contributed by atoms with Crippen molar-refractivity contribution in [2.45, 2.75) is 97.1 Å². The molecule has 0 amide bonds. The van der Waals surface area contributed by atoms with Gasteiger partial charge in [-0.05, 0) is 0 Å². The van der Waals surface area contributed by atoms with Gasteiger partial charge in [-0.25, -0.2) is 0 Å². The Kier molecular flexibility index (Phi) is 5.58. The van der Waals surface area contributed by atoms with Gasteiger partial charge in [0.1, 0.15) is 0 Å². The van der Waals surface area contributed by atoms with Gasteiger partial charge < -0.3 is 0 Å². The maximum atomic E-state index is 8.66. The summed E-state index contributed by atoms with van der Waals surface area (Å²) >= 11 is -4.79. The fourth-order valence-electron chi connectivity index (χ4n) is 11.6. The molecule has 0 N–H and O–H groups in total. The van der Waals surface area contributed by atoms with Crippen molar-refractivity contribution < 1.29 is 15.9 Å². The van der Waals surface area contributed by atoms with Gasteiger partial charge in [0.25, 0.3) is 0 Å². The van der Waals surface area contributed by atoms with Gasteiger partial charge >= 0.3 is 250 Å². The molecule has 40 heavy (non-hydrogen) atoms. The summed E-state index contributed by atoms with van der Waals surface area (Å²) in [5.41, 5.74) is 9.94. The van der Waals surface area contributed by atoms with Crippen LogP contribution in [0.1, 0.15) is 119 Å². The first kappa shape index (κ1) is 25.7. The molecule has 208 valence electrons. The monoisotopic (exact) mass is 646 g/mol. The molecule has 0 aromatic heterocycles. The standard InChI is InChI=1S/2C16H17.C5H8.2ClH.Zr/c2*1-2-4-14-13(3-1)5-6-15(14)16-9-7-12(11-16)8-10-16;1-2-4-5-3-1;;;/h2*1-6,12H,7-11H2;1-4H2;2*1H;/q;;;;;+2/p-2. The van der Waals surface area contributed by atoms with Crippen LogP contribution in [0.4, 0.5) is 0 Å². The first-order valence-corrected chi connectivity index (χ1v) is 26.9. The van der Waals surface area contributed by atoms with Gasteiger partial charge in [0.2, 0.25) is 0 Å². The molecule has 9 rings (SSSR count). The zero-order chi connectivity index (χ0) is 26.8. The van der Waals surface area contributed by atoms with Crippen LogP contribution < -0.4 is 0 Å². The molecule has 0 radical (unpaired) electrons. The number of rotatable bonds is 4. The third-order valence-corrected chi connectivity index (χ3v) is 34.7. The number of allylic oxidation sites excluding steroid dienone is 4. The van der Waals surface area contributed by atoms with Crippen LogP contribution >= 0.6 is 17.0 Å². The van der Waals surface area contributed by atoms with Crippen LogP contribution in [-0.2, 0) is 15.9 Å². The van der Waals surface area contributed by atoms with E-state index in [1.54, 1.807) is 14.4 Å². The predicted octanol–water partition coefficient (Wildman–Crippen LogP) is 11.2. The van der Waals surface area contributed by atoms with E-state index >= 15 is 0 Å². The van der Waals surface area contributed by atoms with Crippen molar-refractivity contribution in [1.82, 2.24) is 0 Å². The molecule has 0 heterocycles. The van der Waals surface area contributed by atoms with Gasteiger partial charge in [0.15, 0.2) is 0 Å². The molecular weight excluding hydrogens is 607 g/mol. The summed E-state index contributed by atoms with van der Waals surface area (Å²) in [4.78, 5) is 0. The minimum absolute atomic E-state index is 0.184. The normalized spacial score (nSPS) is 37.7. The van der Waals surface area contributed by atoms with E-state index in [-0.39, 0.29) is 7.25 Å². The third kappa shape index (κ3) is 3.28. The van der Waals surface area contributed by atoms with Crippen molar-refractivity contribution in [3.05, 3.63) is 82.9 Å². The number of hydrogen-bond donors (Lipinski definition) is 0. The summed E-state index contributed by atoms with van der Waals surface area (Å²) in [6.07, 6.45) is 24.0. The first-order chi connectivity index (χ1) is 19.4. The van der Waals surface area contributed by atoms with Crippen LogP contribution in [0.3, 0.4) is 0 Å². The molecule has 0 saturated heterocycles. The SMILES string of the molecule is [Cl][Zr]([Cl])(=[C]1CCCC1)([CH]1C=C(C23CCC(CC2)C3)c2ccccc21)[CH]1C=C(C23CCC(CC2)C3)c2ccccc21. The van der Waals surface area contributed by atoms with Gasteiger partial charge in [0.05, 0.1) is 0 Å². The molecule has 0 spiro atoms. The van der Waals surface area contributed by atoms with Crippen LogP contribution in [0.2, 0.25) is 0 Å². The molecule has 2 unspecified atom stereocenters. The van der Waals surface area contributed by atoms with E-state index in [4.69, 9.17) is 17.0 Å². The van der Waals surface area contributed by atoms with Crippen molar-refractivity contribution in [3.8, 4) is 0 Å². The summed E-state index contributed by atoms with van der Waals surface area (Å²) in [5.74, 6) is 1.86. The van der Waals surface area contributed by atoms with E-state index < -0.39 is 15.9 Å². The Morgan fingerprint density at radius 2 is 1.02 bits per heavy atom. The first-order valence-electron chi connectivity index (χ1n) is 16.5. The molecule has 3 heteroatoms. The molecule has 7 aliphatic carbocycles. The van der Waals surface area contributed by atoms with Crippen molar-refractivity contribution in [1.29, 1.82) is 0 Å². The van der Waals surface area contributed by atoms with Crippen molar-refractivity contribution in [2.75, 3.05) is 0 Å². The molecule has 2 aromatic rings.